The summed E-state index contributed by atoms with van der Waals surface area (Å²) < 4.78 is 4.61. The molecule has 2 nitrogen and oxygen atoms in total. The lowest BCUT2D eigenvalue weighted by Gasteiger charge is -2.01. The Bertz CT molecular complexity index is 115. The Labute approximate surface area is 89.0 Å². The quantitative estimate of drug-likeness (QED) is 0.498. The van der Waals surface area contributed by atoms with Crippen molar-refractivity contribution in [3.63, 3.8) is 0 Å². The third-order valence-corrected chi connectivity index (χ3v) is 1.61. The first-order valence-corrected chi connectivity index (χ1v) is 5.71. The van der Waals surface area contributed by atoms with Crippen molar-refractivity contribution >= 4 is 5.97 Å². The molecule has 0 heterocycles. The summed E-state index contributed by atoms with van der Waals surface area (Å²) in [5.41, 5.74) is 0. The first-order valence-electron chi connectivity index (χ1n) is 5.71. The lowest BCUT2D eigenvalue weighted by Crippen LogP contribution is -2.06. The second-order valence-corrected chi connectivity index (χ2v) is 3.72. The maximum atomic E-state index is 10.0. The van der Waals surface area contributed by atoms with E-state index in [1.54, 1.807) is 0 Å². The van der Waals surface area contributed by atoms with Gasteiger partial charge in [0.25, 0.3) is 0 Å². The van der Waals surface area contributed by atoms with E-state index in [-0.39, 0.29) is 12.1 Å². The minimum Gasteiger partial charge on any atom is -0.463 e. The van der Waals surface area contributed by atoms with Gasteiger partial charge in [0.2, 0.25) is 0 Å². The van der Waals surface area contributed by atoms with Crippen LogP contribution in [0.2, 0.25) is 0 Å². The highest BCUT2D eigenvalue weighted by Crippen LogP contribution is 2.00. The number of carbonyl (C=O) groups is 1. The third-order valence-electron chi connectivity index (χ3n) is 1.61. The van der Waals surface area contributed by atoms with Crippen molar-refractivity contribution in [3.05, 3.63) is 0 Å². The van der Waals surface area contributed by atoms with E-state index in [0.717, 1.165) is 0 Å². The van der Waals surface area contributed by atoms with Crippen molar-refractivity contribution in [3.8, 4) is 0 Å². The molecule has 0 radical (unpaired) electrons. The van der Waals surface area contributed by atoms with Crippen molar-refractivity contribution in [2.75, 3.05) is 0 Å². The number of esters is 1. The molecular formula is C12H26O2. The van der Waals surface area contributed by atoms with Crippen LogP contribution < -0.4 is 0 Å². The summed E-state index contributed by atoms with van der Waals surface area (Å²) in [7, 11) is 0. The van der Waals surface area contributed by atoms with Crippen molar-refractivity contribution in [1.29, 1.82) is 0 Å². The summed E-state index contributed by atoms with van der Waals surface area (Å²) in [4.78, 5) is 10.0. The smallest absolute Gasteiger partial charge is 0.302 e. The number of carbonyl (C=O) groups excluding carboxylic acids is 1. The van der Waals surface area contributed by atoms with E-state index < -0.39 is 0 Å². The fourth-order valence-corrected chi connectivity index (χ4v) is 1.01. The van der Waals surface area contributed by atoms with Crippen LogP contribution in [0.15, 0.2) is 0 Å². The average Bonchev–Trinajstić information content (AvgIpc) is 2.04. The summed E-state index contributed by atoms with van der Waals surface area (Å²) in [5.74, 6) is -0.213. The van der Waals surface area contributed by atoms with E-state index in [0.29, 0.717) is 0 Å². The van der Waals surface area contributed by atoms with Gasteiger partial charge in [0.1, 0.15) is 0 Å². The molecule has 0 rings (SSSR count). The molecule has 2 heteroatoms. The number of rotatable bonds is 5. The zero-order valence-corrected chi connectivity index (χ0v) is 10.4. The summed E-state index contributed by atoms with van der Waals surface area (Å²) in [5, 5.41) is 0. The topological polar surface area (TPSA) is 26.3 Å². The first-order chi connectivity index (χ1) is 6.54. The van der Waals surface area contributed by atoms with Crippen LogP contribution in [-0.4, -0.2) is 12.1 Å². The highest BCUT2D eigenvalue weighted by molar-refractivity contribution is 5.66. The van der Waals surface area contributed by atoms with E-state index in [1.165, 1.54) is 39.0 Å². The summed E-state index contributed by atoms with van der Waals surface area (Å²) in [6.07, 6.45) is 7.03. The lowest BCUT2D eigenvalue weighted by atomic mass is 10.2. The maximum Gasteiger partial charge on any atom is 0.302 e. The van der Waals surface area contributed by atoms with Gasteiger partial charge in [-0.25, -0.2) is 0 Å². The highest BCUT2D eigenvalue weighted by atomic mass is 16.5. The van der Waals surface area contributed by atoms with Gasteiger partial charge in [-0.2, -0.15) is 0 Å². The van der Waals surface area contributed by atoms with Crippen molar-refractivity contribution in [2.24, 2.45) is 0 Å². The molecule has 0 amide bonds. The molecule has 0 fully saturated rings. The maximum absolute atomic E-state index is 10.0. The molecule has 14 heavy (non-hydrogen) atoms. The van der Waals surface area contributed by atoms with Gasteiger partial charge in [-0.1, -0.05) is 46.0 Å². The molecule has 0 aromatic rings. The number of ether oxygens (including phenoxy) is 1. The Morgan fingerprint density at radius 3 is 1.64 bits per heavy atom. The second-order valence-electron chi connectivity index (χ2n) is 3.72. The molecular weight excluding hydrogens is 176 g/mol. The SMILES string of the molecule is CC(=O)OC(C)C.CCCCCCC. The van der Waals surface area contributed by atoms with Gasteiger partial charge in [0.15, 0.2) is 0 Å². The fraction of sp³-hybridized carbons (Fsp3) is 0.917. The van der Waals surface area contributed by atoms with Crippen LogP contribution in [0, 0.1) is 0 Å². The molecule has 0 N–H and O–H groups in total. The number of hydrogen-bond acceptors (Lipinski definition) is 2. The molecule has 0 saturated carbocycles. The molecule has 0 aliphatic carbocycles. The van der Waals surface area contributed by atoms with Crippen LogP contribution in [0.4, 0.5) is 0 Å². The fourth-order valence-electron chi connectivity index (χ4n) is 1.01. The van der Waals surface area contributed by atoms with Crippen LogP contribution in [0.3, 0.4) is 0 Å². The van der Waals surface area contributed by atoms with Crippen LogP contribution in [0.25, 0.3) is 0 Å². The zero-order valence-electron chi connectivity index (χ0n) is 10.4. The normalized spacial score (nSPS) is 9.29. The second kappa shape index (κ2) is 12.5. The van der Waals surface area contributed by atoms with Gasteiger partial charge >= 0.3 is 5.97 Å². The van der Waals surface area contributed by atoms with E-state index in [4.69, 9.17) is 0 Å². The molecule has 0 aromatic carbocycles. The Hall–Kier alpha value is -0.530. The van der Waals surface area contributed by atoms with Crippen LogP contribution >= 0.6 is 0 Å². The molecule has 0 spiro atoms. The Morgan fingerprint density at radius 2 is 1.50 bits per heavy atom. The summed E-state index contributed by atoms with van der Waals surface area (Å²) in [6, 6.07) is 0. The minimum absolute atomic E-state index is 0.0255. The van der Waals surface area contributed by atoms with Crippen molar-refractivity contribution in [1.82, 2.24) is 0 Å². The van der Waals surface area contributed by atoms with E-state index in [9.17, 15) is 4.79 Å². The van der Waals surface area contributed by atoms with Crippen LogP contribution in [0.1, 0.15) is 66.7 Å². The number of hydrogen-bond donors (Lipinski definition) is 0. The van der Waals surface area contributed by atoms with Crippen LogP contribution in [-0.2, 0) is 9.53 Å². The Kier molecular flexibility index (Phi) is 14.2. The molecule has 86 valence electrons. The lowest BCUT2D eigenvalue weighted by molar-refractivity contribution is -0.144. The predicted molar refractivity (Wildman–Crippen MR) is 61.3 cm³/mol. The van der Waals surface area contributed by atoms with Gasteiger partial charge in [-0.05, 0) is 13.8 Å². The largest absolute Gasteiger partial charge is 0.463 e. The summed E-state index contributed by atoms with van der Waals surface area (Å²) in [6.45, 7) is 9.54. The third kappa shape index (κ3) is 22.5. The number of unbranched alkanes of at least 4 members (excludes halogenated alkanes) is 4. The van der Waals surface area contributed by atoms with E-state index in [2.05, 4.69) is 18.6 Å². The van der Waals surface area contributed by atoms with Crippen LogP contribution in [0.5, 0.6) is 0 Å². The summed E-state index contributed by atoms with van der Waals surface area (Å²) >= 11 is 0. The van der Waals surface area contributed by atoms with Gasteiger partial charge in [-0.3, -0.25) is 4.79 Å². The molecule has 0 unspecified atom stereocenters. The van der Waals surface area contributed by atoms with Gasteiger partial charge in [0, 0.05) is 6.92 Å². The van der Waals surface area contributed by atoms with E-state index >= 15 is 0 Å². The zero-order chi connectivity index (χ0) is 11.4. The highest BCUT2D eigenvalue weighted by Gasteiger charge is 1.93. The van der Waals surface area contributed by atoms with Crippen molar-refractivity contribution in [2.45, 2.75) is 72.8 Å². The van der Waals surface area contributed by atoms with Gasteiger partial charge < -0.3 is 4.74 Å². The van der Waals surface area contributed by atoms with E-state index in [1.807, 2.05) is 13.8 Å². The molecule has 0 aromatic heterocycles. The standard InChI is InChI=1S/C7H16.C5H10O2/c1-3-5-7-6-4-2;1-4(2)7-5(3)6/h3-7H2,1-2H3;4H,1-3H3. The molecule has 0 atom stereocenters. The average molecular weight is 202 g/mol. The monoisotopic (exact) mass is 202 g/mol. The predicted octanol–water partition coefficient (Wildman–Crippen LogP) is 3.93. The molecule has 0 saturated heterocycles. The first kappa shape index (κ1) is 15.9. The van der Waals surface area contributed by atoms with Gasteiger partial charge in [-0.15, -0.1) is 0 Å². The molecule has 0 bridgehead atoms. The van der Waals surface area contributed by atoms with Crippen molar-refractivity contribution < 1.29 is 9.53 Å². The molecule has 0 aliphatic rings. The van der Waals surface area contributed by atoms with Gasteiger partial charge in [0.05, 0.1) is 6.10 Å². The Morgan fingerprint density at radius 1 is 1.07 bits per heavy atom. The Balaban J connectivity index is 0. The minimum atomic E-state index is -0.213. The molecule has 0 aliphatic heterocycles.